The van der Waals surface area contributed by atoms with Crippen LogP contribution in [0.25, 0.3) is 89.8 Å². The molecule has 0 unspecified atom stereocenters. The Bertz CT molecular complexity index is 3730. The van der Waals surface area contributed by atoms with E-state index in [9.17, 15) is 0 Å². The van der Waals surface area contributed by atoms with Crippen LogP contribution in [0.2, 0.25) is 0 Å². The molecule has 0 fully saturated rings. The van der Waals surface area contributed by atoms with Crippen molar-refractivity contribution in [1.29, 1.82) is 0 Å². The molecule has 0 saturated carbocycles. The Labute approximate surface area is 424 Å². The van der Waals surface area contributed by atoms with Gasteiger partial charge in [-0.1, -0.05) is 217 Å². The number of fused-ring (bicyclic) bond motifs is 9. The van der Waals surface area contributed by atoms with Crippen molar-refractivity contribution in [3.8, 4) is 89.8 Å². The number of aryl methyl sites for hydroxylation is 2. The van der Waals surface area contributed by atoms with E-state index in [2.05, 4.69) is 181 Å². The number of aromatic nitrogens is 3. The third kappa shape index (κ3) is 7.12. The summed E-state index contributed by atoms with van der Waals surface area (Å²) in [4.78, 5) is 14.7. The van der Waals surface area contributed by atoms with Gasteiger partial charge in [-0.05, 0) is 144 Å². The number of benzene rings is 9. The number of hydrogen-bond acceptors (Lipinski definition) is 3. The molecule has 72 heavy (non-hydrogen) atoms. The number of rotatable bonds is 9. The van der Waals surface area contributed by atoms with Crippen LogP contribution in [0, 0.1) is 0 Å². The van der Waals surface area contributed by atoms with Crippen LogP contribution in [0.5, 0.6) is 0 Å². The summed E-state index contributed by atoms with van der Waals surface area (Å²) in [6.07, 6.45) is 3.09. The normalized spacial score (nSPS) is 14.8. The van der Waals surface area contributed by atoms with E-state index in [1.807, 2.05) is 60.7 Å². The summed E-state index contributed by atoms with van der Waals surface area (Å²) >= 11 is 0. The highest BCUT2D eigenvalue weighted by Crippen LogP contribution is 2.54. The minimum Gasteiger partial charge on any atom is -0.208 e. The van der Waals surface area contributed by atoms with Crippen molar-refractivity contribution in [2.75, 3.05) is 0 Å². The molecule has 0 N–H and O–H groups in total. The zero-order chi connectivity index (χ0) is 48.9. The van der Waals surface area contributed by atoms with Crippen LogP contribution in [0.15, 0.2) is 200 Å². The Balaban J connectivity index is 0.710. The molecule has 0 amide bonds. The lowest BCUT2D eigenvalue weighted by atomic mass is 9.79. The maximum Gasteiger partial charge on any atom is 0.164 e. The minimum absolute atomic E-state index is 0.0252. The minimum atomic E-state index is -0.134. The van der Waals surface area contributed by atoms with Gasteiger partial charge in [0.15, 0.2) is 17.5 Å². The highest BCUT2D eigenvalue weighted by atomic mass is 15.0. The lowest BCUT2D eigenvalue weighted by molar-refractivity contribution is 0.658. The summed E-state index contributed by atoms with van der Waals surface area (Å²) in [6, 6.07) is 73.9. The Morgan fingerprint density at radius 1 is 0.264 bits per heavy atom. The Kier molecular flexibility index (Phi) is 10.1. The van der Waals surface area contributed by atoms with Crippen LogP contribution in [0.4, 0.5) is 0 Å². The van der Waals surface area contributed by atoms with E-state index in [1.165, 1.54) is 100 Å². The van der Waals surface area contributed by atoms with Gasteiger partial charge < -0.3 is 0 Å². The van der Waals surface area contributed by atoms with Crippen molar-refractivity contribution in [2.45, 2.75) is 77.0 Å². The Hall–Kier alpha value is -8.01. The third-order valence-corrected chi connectivity index (χ3v) is 16.5. The van der Waals surface area contributed by atoms with Gasteiger partial charge in [0, 0.05) is 32.9 Å². The highest BCUT2D eigenvalue weighted by Gasteiger charge is 2.39. The second-order valence-corrected chi connectivity index (χ2v) is 21.9. The first-order valence-corrected chi connectivity index (χ1v) is 25.7. The van der Waals surface area contributed by atoms with Crippen LogP contribution in [-0.2, 0) is 29.1 Å². The predicted molar refractivity (Wildman–Crippen MR) is 298 cm³/mol. The van der Waals surface area contributed by atoms with E-state index in [4.69, 9.17) is 15.0 Å². The summed E-state index contributed by atoms with van der Waals surface area (Å²) in [6.45, 7) is 14.4. The summed E-state index contributed by atoms with van der Waals surface area (Å²) < 4.78 is 0. The monoisotopic (exact) mass is 927 g/mol. The van der Waals surface area contributed by atoms with E-state index in [1.54, 1.807) is 0 Å². The lowest BCUT2D eigenvalue weighted by Crippen LogP contribution is -2.16. The Morgan fingerprint density at radius 3 is 1.01 bits per heavy atom. The summed E-state index contributed by atoms with van der Waals surface area (Å²) in [5, 5.41) is 0. The second-order valence-electron chi connectivity index (χ2n) is 21.9. The first kappa shape index (κ1) is 44.0. The average Bonchev–Trinajstić information content (AvgIpc) is 3.89. The van der Waals surface area contributed by atoms with E-state index >= 15 is 0 Å². The molecule has 0 aliphatic heterocycles. The summed E-state index contributed by atoms with van der Waals surface area (Å²) in [5.41, 5.74) is 27.1. The van der Waals surface area contributed by atoms with E-state index < -0.39 is 0 Å². The van der Waals surface area contributed by atoms with Crippen LogP contribution in [-0.4, -0.2) is 15.0 Å². The highest BCUT2D eigenvalue weighted by molar-refractivity contribution is 5.89. The van der Waals surface area contributed by atoms with E-state index in [0.717, 1.165) is 36.0 Å². The SMILES string of the molecule is CC1(C)c2ccccc2-c2ccc(-c3ccc4c(c3)C(C)(C)c3cc(-c5ccc6c(c5)C(C)(C)c5cc(CCCc7ccc(-c8nc(-c9ccccc9)nc(-c9ccccc9)n8)cc7)ccc5-6)ccc3-4)cc21. The molecule has 3 aliphatic rings. The molecule has 1 heterocycles. The molecule has 0 radical (unpaired) electrons. The third-order valence-electron chi connectivity index (χ3n) is 16.5. The van der Waals surface area contributed by atoms with Crippen LogP contribution < -0.4 is 0 Å². The first-order chi connectivity index (χ1) is 34.9. The molecule has 0 bridgehead atoms. The molecular weight excluding hydrogens is 871 g/mol. The molecule has 1 aromatic heterocycles. The molecule has 3 aliphatic carbocycles. The second kappa shape index (κ2) is 16.5. The summed E-state index contributed by atoms with van der Waals surface area (Å²) in [7, 11) is 0. The van der Waals surface area contributed by atoms with E-state index in [-0.39, 0.29) is 16.2 Å². The predicted octanol–water partition coefficient (Wildman–Crippen LogP) is 17.3. The van der Waals surface area contributed by atoms with Gasteiger partial charge in [0.2, 0.25) is 0 Å². The molecule has 3 heteroatoms. The molecule has 0 spiro atoms. The molecular formula is C69H57N3. The molecule has 348 valence electrons. The largest absolute Gasteiger partial charge is 0.208 e. The molecule has 3 nitrogen and oxygen atoms in total. The molecule has 10 aromatic rings. The molecule has 13 rings (SSSR count). The quantitative estimate of drug-likeness (QED) is 0.145. The van der Waals surface area contributed by atoms with Gasteiger partial charge in [0.1, 0.15) is 0 Å². The number of nitrogens with zero attached hydrogens (tertiary/aromatic N) is 3. The van der Waals surface area contributed by atoms with Crippen LogP contribution in [0.3, 0.4) is 0 Å². The molecule has 0 atom stereocenters. The van der Waals surface area contributed by atoms with Crippen molar-refractivity contribution in [3.63, 3.8) is 0 Å². The maximum atomic E-state index is 4.93. The molecule has 0 saturated heterocycles. The van der Waals surface area contributed by atoms with Gasteiger partial charge >= 0.3 is 0 Å². The lowest BCUT2D eigenvalue weighted by Gasteiger charge is -2.24. The smallest absolute Gasteiger partial charge is 0.164 e. The van der Waals surface area contributed by atoms with Gasteiger partial charge in [-0.25, -0.2) is 15.0 Å². The van der Waals surface area contributed by atoms with Crippen molar-refractivity contribution in [3.05, 3.63) is 245 Å². The fourth-order valence-corrected chi connectivity index (χ4v) is 12.4. The summed E-state index contributed by atoms with van der Waals surface area (Å²) in [5.74, 6) is 2.04. The van der Waals surface area contributed by atoms with Gasteiger partial charge in [0.05, 0.1) is 0 Å². The van der Waals surface area contributed by atoms with Crippen molar-refractivity contribution in [1.82, 2.24) is 15.0 Å². The van der Waals surface area contributed by atoms with Gasteiger partial charge in [-0.15, -0.1) is 0 Å². The van der Waals surface area contributed by atoms with Gasteiger partial charge in [-0.2, -0.15) is 0 Å². The van der Waals surface area contributed by atoms with E-state index in [0.29, 0.717) is 17.5 Å². The zero-order valence-corrected chi connectivity index (χ0v) is 42.0. The molecule has 9 aromatic carbocycles. The van der Waals surface area contributed by atoms with Crippen molar-refractivity contribution in [2.24, 2.45) is 0 Å². The standard InChI is InChI=1S/C69H57N3/c1-67(2)58-23-14-13-22-52(58)54-34-29-48(39-60(54)67)50-31-36-56-57-37-32-51(42-63(57)69(5,6)62(56)41-50)49-30-35-55-53-33-26-44(38-59(53)68(3,4)61(55)40-49)17-15-16-43-24-27-47(28-25-43)66-71-64(45-18-9-7-10-19-45)70-65(72-66)46-20-11-8-12-21-46/h7-14,18-42H,15-17H2,1-6H3. The van der Waals surface area contributed by atoms with Crippen molar-refractivity contribution >= 4 is 0 Å². The van der Waals surface area contributed by atoms with Crippen LogP contribution in [0.1, 0.15) is 92.5 Å². The average molecular weight is 928 g/mol. The van der Waals surface area contributed by atoms with Gasteiger partial charge in [0.25, 0.3) is 0 Å². The topological polar surface area (TPSA) is 38.7 Å². The fourth-order valence-electron chi connectivity index (χ4n) is 12.4. The zero-order valence-electron chi connectivity index (χ0n) is 42.0. The Morgan fingerprint density at radius 2 is 0.569 bits per heavy atom. The first-order valence-electron chi connectivity index (χ1n) is 25.7. The van der Waals surface area contributed by atoms with Crippen molar-refractivity contribution < 1.29 is 0 Å². The van der Waals surface area contributed by atoms with Gasteiger partial charge in [-0.3, -0.25) is 0 Å². The van der Waals surface area contributed by atoms with Crippen LogP contribution >= 0.6 is 0 Å². The fraction of sp³-hybridized carbons (Fsp3) is 0.174. The number of hydrogen-bond donors (Lipinski definition) is 0. The maximum absolute atomic E-state index is 4.93.